The molecule has 0 aliphatic rings. The SMILES string of the molecule is CCCNC(=O)[C@@H](C)NC(=O)COC(=O)c1ccc(C)c(N)c1. The molecule has 0 saturated carbocycles. The molecule has 0 aliphatic heterocycles. The van der Waals surface area contributed by atoms with Crippen molar-refractivity contribution in [2.45, 2.75) is 33.2 Å². The van der Waals surface area contributed by atoms with Crippen molar-refractivity contribution in [3.8, 4) is 0 Å². The molecule has 0 spiro atoms. The van der Waals surface area contributed by atoms with Gasteiger partial charge >= 0.3 is 5.97 Å². The highest BCUT2D eigenvalue weighted by Crippen LogP contribution is 2.13. The van der Waals surface area contributed by atoms with Crippen LogP contribution in [0.1, 0.15) is 36.2 Å². The van der Waals surface area contributed by atoms with E-state index in [4.69, 9.17) is 10.5 Å². The van der Waals surface area contributed by atoms with Crippen molar-refractivity contribution >= 4 is 23.5 Å². The number of benzene rings is 1. The van der Waals surface area contributed by atoms with Crippen molar-refractivity contribution in [2.75, 3.05) is 18.9 Å². The molecule has 0 saturated heterocycles. The minimum Gasteiger partial charge on any atom is -0.452 e. The van der Waals surface area contributed by atoms with Crippen LogP contribution in [0.4, 0.5) is 5.69 Å². The lowest BCUT2D eigenvalue weighted by Gasteiger charge is -2.14. The number of nitrogens with two attached hydrogens (primary N) is 1. The highest BCUT2D eigenvalue weighted by Gasteiger charge is 2.16. The van der Waals surface area contributed by atoms with E-state index < -0.39 is 24.5 Å². The van der Waals surface area contributed by atoms with Crippen LogP contribution in [0.5, 0.6) is 0 Å². The van der Waals surface area contributed by atoms with Crippen LogP contribution < -0.4 is 16.4 Å². The smallest absolute Gasteiger partial charge is 0.338 e. The van der Waals surface area contributed by atoms with Gasteiger partial charge in [-0.2, -0.15) is 0 Å². The zero-order chi connectivity index (χ0) is 17.4. The quantitative estimate of drug-likeness (QED) is 0.507. The number of anilines is 1. The van der Waals surface area contributed by atoms with Gasteiger partial charge in [-0.3, -0.25) is 9.59 Å². The van der Waals surface area contributed by atoms with E-state index in [1.165, 1.54) is 6.07 Å². The zero-order valence-electron chi connectivity index (χ0n) is 13.6. The highest BCUT2D eigenvalue weighted by molar-refractivity contribution is 5.93. The molecule has 1 aromatic carbocycles. The van der Waals surface area contributed by atoms with E-state index >= 15 is 0 Å². The van der Waals surface area contributed by atoms with Gasteiger partial charge in [-0.1, -0.05) is 13.0 Å². The number of esters is 1. The van der Waals surface area contributed by atoms with Gasteiger partial charge in [-0.25, -0.2) is 4.79 Å². The number of nitrogen functional groups attached to an aromatic ring is 1. The van der Waals surface area contributed by atoms with Crippen molar-refractivity contribution in [1.29, 1.82) is 0 Å². The molecular formula is C16H23N3O4. The molecule has 1 aromatic rings. The minimum atomic E-state index is -0.692. The van der Waals surface area contributed by atoms with Crippen molar-refractivity contribution < 1.29 is 19.1 Å². The number of nitrogens with one attached hydrogen (secondary N) is 2. The monoisotopic (exact) mass is 321 g/mol. The normalized spacial score (nSPS) is 11.4. The standard InChI is InChI=1S/C16H23N3O4/c1-4-7-18-15(21)11(3)19-14(20)9-23-16(22)12-6-5-10(2)13(17)8-12/h5-6,8,11H,4,7,9,17H2,1-3H3,(H,18,21)(H,19,20)/t11-/m1/s1. The largest absolute Gasteiger partial charge is 0.452 e. The topological polar surface area (TPSA) is 111 Å². The maximum atomic E-state index is 11.8. The Bertz CT molecular complexity index is 587. The molecule has 23 heavy (non-hydrogen) atoms. The highest BCUT2D eigenvalue weighted by atomic mass is 16.5. The average molecular weight is 321 g/mol. The maximum Gasteiger partial charge on any atom is 0.338 e. The van der Waals surface area contributed by atoms with Crippen molar-refractivity contribution in [3.63, 3.8) is 0 Å². The predicted octanol–water partition coefficient (Wildman–Crippen LogP) is 0.765. The van der Waals surface area contributed by atoms with Crippen molar-refractivity contribution in [2.24, 2.45) is 0 Å². The molecule has 0 bridgehead atoms. The average Bonchev–Trinajstić information content (AvgIpc) is 2.52. The third-order valence-electron chi connectivity index (χ3n) is 3.17. The number of hydrogen-bond donors (Lipinski definition) is 3. The van der Waals surface area contributed by atoms with Crippen LogP contribution in [-0.4, -0.2) is 37.0 Å². The summed E-state index contributed by atoms with van der Waals surface area (Å²) in [6, 6.07) is 4.08. The Morgan fingerprint density at radius 3 is 2.61 bits per heavy atom. The summed E-state index contributed by atoms with van der Waals surface area (Å²) in [5.41, 5.74) is 7.32. The fraction of sp³-hybridized carbons (Fsp3) is 0.438. The van der Waals surface area contributed by atoms with Crippen LogP contribution in [-0.2, 0) is 14.3 Å². The lowest BCUT2D eigenvalue weighted by atomic mass is 10.1. The summed E-state index contributed by atoms with van der Waals surface area (Å²) in [7, 11) is 0. The summed E-state index contributed by atoms with van der Waals surface area (Å²) in [6.45, 7) is 5.40. The molecule has 0 heterocycles. The van der Waals surface area contributed by atoms with Gasteiger partial charge in [0.15, 0.2) is 6.61 Å². The van der Waals surface area contributed by atoms with E-state index in [1.54, 1.807) is 19.1 Å². The van der Waals surface area contributed by atoms with Crippen LogP contribution in [0.15, 0.2) is 18.2 Å². The number of carbonyl (C=O) groups is 3. The molecule has 0 aromatic heterocycles. The first-order chi connectivity index (χ1) is 10.8. The van der Waals surface area contributed by atoms with Crippen molar-refractivity contribution in [3.05, 3.63) is 29.3 Å². The Labute approximate surface area is 135 Å². The van der Waals surface area contributed by atoms with Gasteiger partial charge < -0.3 is 21.1 Å². The molecule has 1 rings (SSSR count). The third kappa shape index (κ3) is 5.98. The molecule has 0 unspecified atom stereocenters. The molecule has 7 heteroatoms. The molecule has 126 valence electrons. The number of amides is 2. The van der Waals surface area contributed by atoms with Gasteiger partial charge in [0.2, 0.25) is 5.91 Å². The van der Waals surface area contributed by atoms with Gasteiger partial charge in [0, 0.05) is 12.2 Å². The van der Waals surface area contributed by atoms with Gasteiger partial charge in [-0.15, -0.1) is 0 Å². The van der Waals surface area contributed by atoms with E-state index in [-0.39, 0.29) is 11.5 Å². The van der Waals surface area contributed by atoms with E-state index in [0.29, 0.717) is 12.2 Å². The number of aryl methyl sites for hydroxylation is 1. The van der Waals surface area contributed by atoms with E-state index in [1.807, 2.05) is 13.8 Å². The Hall–Kier alpha value is -2.57. The fourth-order valence-electron chi connectivity index (χ4n) is 1.73. The van der Waals surface area contributed by atoms with E-state index in [0.717, 1.165) is 12.0 Å². The summed E-state index contributed by atoms with van der Waals surface area (Å²) in [5, 5.41) is 5.13. The first-order valence-corrected chi connectivity index (χ1v) is 7.45. The van der Waals surface area contributed by atoms with Gasteiger partial charge in [0.1, 0.15) is 6.04 Å². The van der Waals surface area contributed by atoms with Crippen LogP contribution in [0.2, 0.25) is 0 Å². The van der Waals surface area contributed by atoms with E-state index in [2.05, 4.69) is 10.6 Å². The molecule has 0 aliphatic carbocycles. The van der Waals surface area contributed by atoms with Gasteiger partial charge in [-0.05, 0) is 38.0 Å². The number of rotatable bonds is 7. The van der Waals surface area contributed by atoms with Crippen molar-refractivity contribution in [1.82, 2.24) is 10.6 Å². The Morgan fingerprint density at radius 1 is 1.30 bits per heavy atom. The lowest BCUT2D eigenvalue weighted by molar-refractivity contribution is -0.130. The Balaban J connectivity index is 2.44. The summed E-state index contributed by atoms with van der Waals surface area (Å²) in [6.07, 6.45) is 0.809. The second-order valence-electron chi connectivity index (χ2n) is 5.23. The first-order valence-electron chi connectivity index (χ1n) is 7.45. The zero-order valence-corrected chi connectivity index (χ0v) is 13.6. The minimum absolute atomic E-state index is 0.273. The summed E-state index contributed by atoms with van der Waals surface area (Å²) < 4.78 is 4.91. The molecule has 1 atom stereocenters. The summed E-state index contributed by atoms with van der Waals surface area (Å²) >= 11 is 0. The van der Waals surface area contributed by atoms with Crippen LogP contribution >= 0.6 is 0 Å². The first kappa shape index (κ1) is 18.5. The molecular weight excluding hydrogens is 298 g/mol. The second-order valence-corrected chi connectivity index (χ2v) is 5.23. The van der Waals surface area contributed by atoms with E-state index in [9.17, 15) is 14.4 Å². The van der Waals surface area contributed by atoms with Crippen LogP contribution in [0, 0.1) is 6.92 Å². The maximum absolute atomic E-state index is 11.8. The molecule has 7 nitrogen and oxygen atoms in total. The third-order valence-corrected chi connectivity index (χ3v) is 3.17. The molecule has 0 fully saturated rings. The van der Waals surface area contributed by atoms with Crippen LogP contribution in [0.3, 0.4) is 0 Å². The van der Waals surface area contributed by atoms with Gasteiger partial charge in [0.05, 0.1) is 5.56 Å². The number of hydrogen-bond acceptors (Lipinski definition) is 5. The predicted molar refractivity (Wildman–Crippen MR) is 86.8 cm³/mol. The molecule has 4 N–H and O–H groups in total. The Kier molecular flexibility index (Phi) is 7.05. The number of carbonyl (C=O) groups excluding carboxylic acids is 3. The van der Waals surface area contributed by atoms with Crippen LogP contribution in [0.25, 0.3) is 0 Å². The molecule has 0 radical (unpaired) electrons. The molecule has 2 amide bonds. The van der Waals surface area contributed by atoms with Gasteiger partial charge in [0.25, 0.3) is 5.91 Å². The summed E-state index contributed by atoms with van der Waals surface area (Å²) in [4.78, 5) is 35.2. The summed E-state index contributed by atoms with van der Waals surface area (Å²) in [5.74, 6) is -1.47. The Morgan fingerprint density at radius 2 is 2.00 bits per heavy atom. The fourth-order valence-corrected chi connectivity index (χ4v) is 1.73. The number of ether oxygens (including phenoxy) is 1. The lowest BCUT2D eigenvalue weighted by Crippen LogP contribution is -2.46. The second kappa shape index (κ2) is 8.77.